The number of likely N-dealkylation sites (tertiary alicyclic amines) is 1. The predicted molar refractivity (Wildman–Crippen MR) is 112 cm³/mol. The number of hydrogen-bond donors (Lipinski definition) is 1. The van der Waals surface area contributed by atoms with E-state index < -0.39 is 0 Å². The maximum Gasteiger partial charge on any atom is 0.293 e. The Morgan fingerprint density at radius 2 is 1.67 bits per heavy atom. The molecular weight excluding hydrogens is 378 g/mol. The van der Waals surface area contributed by atoms with Crippen LogP contribution in [0.15, 0.2) is 54.6 Å². The lowest BCUT2D eigenvalue weighted by molar-refractivity contribution is 0.0782. The molecule has 1 fully saturated rings. The number of nitrogens with zero attached hydrogens (tertiary/aromatic N) is 4. The highest BCUT2D eigenvalue weighted by Gasteiger charge is 2.41. The summed E-state index contributed by atoms with van der Waals surface area (Å²) in [7, 11) is 0. The summed E-state index contributed by atoms with van der Waals surface area (Å²) in [5, 5.41) is 11.3. The first kappa shape index (κ1) is 18.5. The SMILES string of the molecule is Cc1ccccc1C(=O)N1C[C@H]2Cc3nnc(C(=O)Nc4ccccc4)n3C[C@@H]2C1. The topological polar surface area (TPSA) is 80.1 Å². The summed E-state index contributed by atoms with van der Waals surface area (Å²) < 4.78 is 1.92. The van der Waals surface area contributed by atoms with Gasteiger partial charge in [0.15, 0.2) is 0 Å². The molecule has 0 radical (unpaired) electrons. The van der Waals surface area contributed by atoms with Crippen molar-refractivity contribution in [1.29, 1.82) is 0 Å². The molecule has 1 saturated heterocycles. The number of carbonyl (C=O) groups excluding carboxylic acids is 2. The van der Waals surface area contributed by atoms with E-state index in [0.717, 1.165) is 35.6 Å². The zero-order valence-electron chi connectivity index (χ0n) is 16.8. The molecule has 1 aromatic heterocycles. The third kappa shape index (κ3) is 3.26. The quantitative estimate of drug-likeness (QED) is 0.732. The van der Waals surface area contributed by atoms with E-state index in [9.17, 15) is 9.59 Å². The smallest absolute Gasteiger partial charge is 0.293 e. The van der Waals surface area contributed by atoms with Crippen LogP contribution in [0.25, 0.3) is 0 Å². The van der Waals surface area contributed by atoms with Gasteiger partial charge in [-0.3, -0.25) is 9.59 Å². The molecule has 2 amide bonds. The lowest BCUT2D eigenvalue weighted by atomic mass is 9.89. The van der Waals surface area contributed by atoms with Crippen LogP contribution in [0.3, 0.4) is 0 Å². The second-order valence-corrected chi connectivity index (χ2v) is 8.12. The maximum absolute atomic E-state index is 13.0. The Morgan fingerprint density at radius 3 is 2.47 bits per heavy atom. The number of amides is 2. The monoisotopic (exact) mass is 401 g/mol. The number of nitrogens with one attached hydrogen (secondary N) is 1. The zero-order valence-corrected chi connectivity index (χ0v) is 16.8. The highest BCUT2D eigenvalue weighted by molar-refractivity contribution is 6.01. The summed E-state index contributed by atoms with van der Waals surface area (Å²) in [6, 6.07) is 17.0. The summed E-state index contributed by atoms with van der Waals surface area (Å²) in [5.41, 5.74) is 2.48. The molecule has 2 aromatic carbocycles. The molecule has 2 aliphatic heterocycles. The van der Waals surface area contributed by atoms with Crippen molar-refractivity contribution in [3.05, 3.63) is 77.4 Å². The van der Waals surface area contributed by atoms with Crippen LogP contribution in [0.2, 0.25) is 0 Å². The van der Waals surface area contributed by atoms with Gasteiger partial charge in [0, 0.05) is 37.3 Å². The molecular formula is C23H23N5O2. The molecule has 0 bridgehead atoms. The Labute approximate surface area is 174 Å². The highest BCUT2D eigenvalue weighted by atomic mass is 16.2. The van der Waals surface area contributed by atoms with Crippen LogP contribution in [0.4, 0.5) is 5.69 Å². The largest absolute Gasteiger partial charge is 0.338 e. The van der Waals surface area contributed by atoms with Crippen molar-refractivity contribution in [3.8, 4) is 0 Å². The number of rotatable bonds is 3. The van der Waals surface area contributed by atoms with Crippen molar-refractivity contribution < 1.29 is 9.59 Å². The summed E-state index contributed by atoms with van der Waals surface area (Å²) in [6.45, 7) is 4.03. The normalized spacial score (nSPS) is 19.8. The minimum absolute atomic E-state index is 0.0836. The fraction of sp³-hybridized carbons (Fsp3) is 0.304. The molecule has 1 N–H and O–H groups in total. The molecule has 7 nitrogen and oxygen atoms in total. The van der Waals surface area contributed by atoms with Gasteiger partial charge in [0.1, 0.15) is 5.82 Å². The fourth-order valence-corrected chi connectivity index (χ4v) is 4.55. The molecule has 30 heavy (non-hydrogen) atoms. The molecule has 0 saturated carbocycles. The van der Waals surface area contributed by atoms with Crippen LogP contribution in [-0.2, 0) is 13.0 Å². The fourth-order valence-electron chi connectivity index (χ4n) is 4.55. The van der Waals surface area contributed by atoms with Gasteiger partial charge in [-0.05, 0) is 42.5 Å². The highest BCUT2D eigenvalue weighted by Crippen LogP contribution is 2.33. The first-order valence-corrected chi connectivity index (χ1v) is 10.2. The summed E-state index contributed by atoms with van der Waals surface area (Å²) in [6.07, 6.45) is 0.730. The van der Waals surface area contributed by atoms with Crippen LogP contribution in [-0.4, -0.2) is 44.6 Å². The maximum atomic E-state index is 13.0. The molecule has 3 aromatic rings. The van der Waals surface area contributed by atoms with Crippen LogP contribution < -0.4 is 5.32 Å². The zero-order chi connectivity index (χ0) is 20.7. The molecule has 0 spiro atoms. The van der Waals surface area contributed by atoms with Crippen molar-refractivity contribution in [3.63, 3.8) is 0 Å². The standard InChI is InChI=1S/C23H23N5O2/c1-15-7-5-6-10-19(15)23(30)27-12-16-11-20-25-26-21(28(20)14-17(16)13-27)22(29)24-18-8-3-2-4-9-18/h2-10,16-17H,11-14H2,1H3,(H,24,29)/t16-,17+/m1/s1. The van der Waals surface area contributed by atoms with Crippen LogP contribution >= 0.6 is 0 Å². The number of aromatic nitrogens is 3. The van der Waals surface area contributed by atoms with Crippen molar-refractivity contribution in [2.45, 2.75) is 19.9 Å². The first-order valence-electron chi connectivity index (χ1n) is 10.2. The van der Waals surface area contributed by atoms with E-state index in [0.29, 0.717) is 30.7 Å². The van der Waals surface area contributed by atoms with Gasteiger partial charge in [-0.2, -0.15) is 0 Å². The molecule has 152 valence electrons. The van der Waals surface area contributed by atoms with Gasteiger partial charge in [0.25, 0.3) is 11.8 Å². The Kier molecular flexibility index (Phi) is 4.58. The Morgan fingerprint density at radius 1 is 0.933 bits per heavy atom. The average Bonchev–Trinajstić information content (AvgIpc) is 3.36. The van der Waals surface area contributed by atoms with Crippen molar-refractivity contribution >= 4 is 17.5 Å². The number of hydrogen-bond acceptors (Lipinski definition) is 4. The van der Waals surface area contributed by atoms with Crippen molar-refractivity contribution in [2.24, 2.45) is 11.8 Å². The summed E-state index contributed by atoms with van der Waals surface area (Å²) in [4.78, 5) is 27.7. The third-order valence-corrected chi connectivity index (χ3v) is 6.16. The predicted octanol–water partition coefficient (Wildman–Crippen LogP) is 2.78. The van der Waals surface area contributed by atoms with Gasteiger partial charge in [-0.15, -0.1) is 10.2 Å². The van der Waals surface area contributed by atoms with Crippen molar-refractivity contribution in [1.82, 2.24) is 19.7 Å². The van der Waals surface area contributed by atoms with E-state index >= 15 is 0 Å². The summed E-state index contributed by atoms with van der Waals surface area (Å²) in [5.74, 6) is 1.62. The number of carbonyl (C=O) groups is 2. The van der Waals surface area contributed by atoms with Gasteiger partial charge in [0.05, 0.1) is 0 Å². The van der Waals surface area contributed by atoms with Gasteiger partial charge >= 0.3 is 0 Å². The lowest BCUT2D eigenvalue weighted by Crippen LogP contribution is -2.31. The van der Waals surface area contributed by atoms with Crippen LogP contribution in [0.5, 0.6) is 0 Å². The van der Waals surface area contributed by atoms with Crippen LogP contribution in [0, 0.1) is 18.8 Å². The van der Waals surface area contributed by atoms with Gasteiger partial charge in [0.2, 0.25) is 5.82 Å². The Bertz CT molecular complexity index is 1110. The number of benzene rings is 2. The van der Waals surface area contributed by atoms with E-state index in [1.165, 1.54) is 0 Å². The molecule has 2 aliphatic rings. The van der Waals surface area contributed by atoms with Gasteiger partial charge in [-0.25, -0.2) is 0 Å². The molecule has 0 unspecified atom stereocenters. The average molecular weight is 401 g/mol. The number of para-hydroxylation sites is 1. The molecule has 3 heterocycles. The third-order valence-electron chi connectivity index (χ3n) is 6.16. The van der Waals surface area contributed by atoms with Crippen molar-refractivity contribution in [2.75, 3.05) is 18.4 Å². The van der Waals surface area contributed by atoms with E-state index in [4.69, 9.17) is 0 Å². The number of fused-ring (bicyclic) bond motifs is 2. The Balaban J connectivity index is 1.32. The molecule has 5 rings (SSSR count). The Hall–Kier alpha value is -3.48. The van der Waals surface area contributed by atoms with Crippen LogP contribution in [0.1, 0.15) is 32.4 Å². The minimum Gasteiger partial charge on any atom is -0.338 e. The minimum atomic E-state index is -0.260. The number of aryl methyl sites for hydroxylation is 1. The number of anilines is 1. The van der Waals surface area contributed by atoms with E-state index in [2.05, 4.69) is 15.5 Å². The molecule has 0 aliphatic carbocycles. The molecule has 7 heteroatoms. The van der Waals surface area contributed by atoms with Gasteiger partial charge < -0.3 is 14.8 Å². The van der Waals surface area contributed by atoms with E-state index in [-0.39, 0.29) is 11.8 Å². The first-order chi connectivity index (χ1) is 14.6. The second-order valence-electron chi connectivity index (χ2n) is 8.12. The summed E-state index contributed by atoms with van der Waals surface area (Å²) >= 11 is 0. The van der Waals surface area contributed by atoms with E-state index in [1.54, 1.807) is 0 Å². The second kappa shape index (κ2) is 7.40. The van der Waals surface area contributed by atoms with E-state index in [1.807, 2.05) is 71.0 Å². The lowest BCUT2D eigenvalue weighted by Gasteiger charge is -2.25. The van der Waals surface area contributed by atoms with Gasteiger partial charge in [-0.1, -0.05) is 36.4 Å². The molecule has 2 atom stereocenters.